The first-order valence-electron chi connectivity index (χ1n) is 3.11. The summed E-state index contributed by atoms with van der Waals surface area (Å²) in [5, 5.41) is 0. The number of hydrogen-bond acceptors (Lipinski definition) is 2. The van der Waals surface area contributed by atoms with E-state index in [0.29, 0.717) is 0 Å². The van der Waals surface area contributed by atoms with Gasteiger partial charge in [0.05, 0.1) is 5.75 Å². The lowest BCUT2D eigenvalue weighted by atomic mass is 10.3. The zero-order chi connectivity index (χ0) is 8.70. The zero-order valence-electron chi connectivity index (χ0n) is 5.56. The van der Waals surface area contributed by atoms with Gasteiger partial charge in [0.15, 0.2) is 0 Å². The van der Waals surface area contributed by atoms with Crippen molar-refractivity contribution in [1.82, 2.24) is 0 Å². The van der Waals surface area contributed by atoms with E-state index >= 15 is 0 Å². The van der Waals surface area contributed by atoms with E-state index in [1.165, 1.54) is 0 Å². The molecular formula is C5H7ClF2O2S. The lowest BCUT2D eigenvalue weighted by molar-refractivity contribution is 0.0983. The minimum atomic E-state index is -3.59. The largest absolute Gasteiger partial charge is 0.251 e. The fourth-order valence-electron chi connectivity index (χ4n) is 0.866. The number of hydrogen-bond donors (Lipinski definition) is 0. The standard InChI is InChI=1S/C5H7ClF2O2S/c6-11(9,10)2-1-4-3-5(4,7)8/h4H,1-3H2/t4-/m1/s1. The van der Waals surface area contributed by atoms with Gasteiger partial charge in [-0.15, -0.1) is 0 Å². The molecule has 0 aliphatic heterocycles. The van der Waals surface area contributed by atoms with E-state index < -0.39 is 20.9 Å². The summed E-state index contributed by atoms with van der Waals surface area (Å²) in [6.45, 7) is 0. The van der Waals surface area contributed by atoms with Crippen LogP contribution in [0.5, 0.6) is 0 Å². The normalized spacial score (nSPS) is 28.5. The summed E-state index contributed by atoms with van der Waals surface area (Å²) in [7, 11) is 1.23. The second kappa shape index (κ2) is 2.55. The maximum atomic E-state index is 12.1. The average Bonchev–Trinajstić information content (AvgIpc) is 2.33. The number of rotatable bonds is 3. The third-order valence-corrected chi connectivity index (χ3v) is 2.85. The van der Waals surface area contributed by atoms with Crippen molar-refractivity contribution in [3.63, 3.8) is 0 Å². The highest BCUT2D eigenvalue weighted by molar-refractivity contribution is 8.13. The predicted octanol–water partition coefficient (Wildman–Crippen LogP) is 1.60. The van der Waals surface area contributed by atoms with Crippen LogP contribution in [0.15, 0.2) is 0 Å². The molecule has 0 amide bonds. The Morgan fingerprint density at radius 1 is 1.55 bits per heavy atom. The Morgan fingerprint density at radius 2 is 2.00 bits per heavy atom. The van der Waals surface area contributed by atoms with E-state index in [4.69, 9.17) is 10.7 Å². The molecule has 1 fully saturated rings. The lowest BCUT2D eigenvalue weighted by Crippen LogP contribution is -2.01. The third-order valence-electron chi connectivity index (χ3n) is 1.67. The van der Waals surface area contributed by atoms with Crippen molar-refractivity contribution < 1.29 is 17.2 Å². The summed E-state index contributed by atoms with van der Waals surface area (Å²) in [5.74, 6) is -3.76. The molecule has 6 heteroatoms. The molecule has 0 bridgehead atoms. The van der Waals surface area contributed by atoms with Gasteiger partial charge in [-0.3, -0.25) is 0 Å². The molecule has 0 heterocycles. The van der Waals surface area contributed by atoms with Gasteiger partial charge in [-0.05, 0) is 6.42 Å². The minimum absolute atomic E-state index is 0.0289. The van der Waals surface area contributed by atoms with Crippen LogP contribution in [0.3, 0.4) is 0 Å². The quantitative estimate of drug-likeness (QED) is 0.655. The second-order valence-electron chi connectivity index (χ2n) is 2.69. The van der Waals surface area contributed by atoms with Gasteiger partial charge in [0.1, 0.15) is 0 Å². The third kappa shape index (κ3) is 2.91. The molecule has 1 saturated carbocycles. The Hall–Kier alpha value is 0.1000. The fraction of sp³-hybridized carbons (Fsp3) is 1.00. The number of alkyl halides is 2. The van der Waals surface area contributed by atoms with Gasteiger partial charge in [0, 0.05) is 23.0 Å². The van der Waals surface area contributed by atoms with Crippen LogP contribution in [-0.2, 0) is 9.05 Å². The summed E-state index contributed by atoms with van der Waals surface area (Å²) in [5.41, 5.74) is 0. The molecular weight excluding hydrogens is 198 g/mol. The first-order valence-corrected chi connectivity index (χ1v) is 5.59. The molecule has 0 radical (unpaired) electrons. The van der Waals surface area contributed by atoms with Crippen LogP contribution in [0, 0.1) is 5.92 Å². The van der Waals surface area contributed by atoms with Gasteiger partial charge in [-0.1, -0.05) is 0 Å². The highest BCUT2D eigenvalue weighted by atomic mass is 35.7. The monoisotopic (exact) mass is 204 g/mol. The maximum Gasteiger partial charge on any atom is 0.251 e. The van der Waals surface area contributed by atoms with Crippen LogP contribution in [0.4, 0.5) is 8.78 Å². The summed E-state index contributed by atoms with van der Waals surface area (Å²) >= 11 is 0. The van der Waals surface area contributed by atoms with Gasteiger partial charge in [-0.25, -0.2) is 17.2 Å². The van der Waals surface area contributed by atoms with Crippen LogP contribution in [0.25, 0.3) is 0 Å². The van der Waals surface area contributed by atoms with E-state index in [1.54, 1.807) is 0 Å². The van der Waals surface area contributed by atoms with Gasteiger partial charge < -0.3 is 0 Å². The van der Waals surface area contributed by atoms with Crippen LogP contribution < -0.4 is 0 Å². The summed E-state index contributed by atoms with van der Waals surface area (Å²) in [6.07, 6.45) is -0.224. The summed E-state index contributed by atoms with van der Waals surface area (Å²) < 4.78 is 44.9. The van der Waals surface area contributed by atoms with Crippen molar-refractivity contribution >= 4 is 19.7 Å². The van der Waals surface area contributed by atoms with Crippen molar-refractivity contribution in [2.24, 2.45) is 5.92 Å². The highest BCUT2D eigenvalue weighted by Crippen LogP contribution is 2.50. The Kier molecular flexibility index (Phi) is 2.13. The van der Waals surface area contributed by atoms with Crippen LogP contribution in [-0.4, -0.2) is 20.1 Å². The smallest absolute Gasteiger partial charge is 0.212 e. The Labute approximate surface area is 68.0 Å². The zero-order valence-corrected chi connectivity index (χ0v) is 7.13. The molecule has 1 atom stereocenters. The molecule has 1 rings (SSSR count). The molecule has 11 heavy (non-hydrogen) atoms. The lowest BCUT2D eigenvalue weighted by Gasteiger charge is -1.94. The molecule has 66 valence electrons. The Balaban J connectivity index is 2.27. The van der Waals surface area contributed by atoms with E-state index in [9.17, 15) is 17.2 Å². The molecule has 0 aromatic heterocycles. The minimum Gasteiger partial charge on any atom is -0.212 e. The van der Waals surface area contributed by atoms with Gasteiger partial charge >= 0.3 is 0 Å². The van der Waals surface area contributed by atoms with Crippen LogP contribution in [0.2, 0.25) is 0 Å². The van der Waals surface area contributed by atoms with Gasteiger partial charge in [0.25, 0.3) is 5.92 Å². The molecule has 0 aromatic rings. The molecule has 2 nitrogen and oxygen atoms in total. The van der Waals surface area contributed by atoms with E-state index in [2.05, 4.69) is 0 Å². The fourth-order valence-corrected chi connectivity index (χ4v) is 1.70. The Morgan fingerprint density at radius 3 is 2.27 bits per heavy atom. The Bertz CT molecular complexity index is 249. The summed E-state index contributed by atoms with van der Waals surface area (Å²) in [4.78, 5) is 0. The topological polar surface area (TPSA) is 34.1 Å². The van der Waals surface area contributed by atoms with Crippen molar-refractivity contribution in [1.29, 1.82) is 0 Å². The van der Waals surface area contributed by atoms with Crippen molar-refractivity contribution in [2.75, 3.05) is 5.75 Å². The maximum absolute atomic E-state index is 12.1. The predicted molar refractivity (Wildman–Crippen MR) is 37.3 cm³/mol. The van der Waals surface area contributed by atoms with Crippen molar-refractivity contribution in [2.45, 2.75) is 18.8 Å². The molecule has 0 N–H and O–H groups in total. The molecule has 0 saturated heterocycles. The van der Waals surface area contributed by atoms with E-state index in [1.807, 2.05) is 0 Å². The highest BCUT2D eigenvalue weighted by Gasteiger charge is 2.56. The second-order valence-corrected chi connectivity index (χ2v) is 5.59. The molecule has 1 aliphatic carbocycles. The molecule has 0 aromatic carbocycles. The van der Waals surface area contributed by atoms with Crippen molar-refractivity contribution in [3.05, 3.63) is 0 Å². The van der Waals surface area contributed by atoms with Crippen LogP contribution in [0.1, 0.15) is 12.8 Å². The molecule has 1 aliphatic rings. The number of halogens is 3. The molecule has 0 unspecified atom stereocenters. The first-order chi connectivity index (χ1) is 4.81. The average molecular weight is 205 g/mol. The SMILES string of the molecule is O=S(=O)(Cl)CC[C@@H]1CC1(F)F. The van der Waals surface area contributed by atoms with E-state index in [0.717, 1.165) is 0 Å². The summed E-state index contributed by atoms with van der Waals surface area (Å²) in [6, 6.07) is 0. The van der Waals surface area contributed by atoms with Crippen LogP contribution >= 0.6 is 10.7 Å². The van der Waals surface area contributed by atoms with E-state index in [-0.39, 0.29) is 18.6 Å². The first kappa shape index (κ1) is 9.19. The van der Waals surface area contributed by atoms with Crippen molar-refractivity contribution in [3.8, 4) is 0 Å². The molecule has 0 spiro atoms. The van der Waals surface area contributed by atoms with Gasteiger partial charge in [0.2, 0.25) is 9.05 Å². The van der Waals surface area contributed by atoms with Gasteiger partial charge in [-0.2, -0.15) is 0 Å².